The lowest BCUT2D eigenvalue weighted by atomic mass is 9.98. The highest BCUT2D eigenvalue weighted by atomic mass is 16.7. The van der Waals surface area contributed by atoms with E-state index >= 15 is 0 Å². The molecule has 0 aromatic carbocycles. The minimum atomic E-state index is -1.91. The van der Waals surface area contributed by atoms with Gasteiger partial charge in [0.15, 0.2) is 24.6 Å². The molecule has 0 saturated carbocycles. The number of aliphatic carboxylic acids is 1. The van der Waals surface area contributed by atoms with Crippen LogP contribution in [0.1, 0.15) is 213 Å². The fourth-order valence-corrected chi connectivity index (χ4v) is 7.51. The van der Waals surface area contributed by atoms with Gasteiger partial charge in [-0.3, -0.25) is 14.4 Å². The molecule has 1 rings (SSSR count). The van der Waals surface area contributed by atoms with Crippen molar-refractivity contribution >= 4 is 23.9 Å². The summed E-state index contributed by atoms with van der Waals surface area (Å²) in [6.45, 7) is 5.76. The van der Waals surface area contributed by atoms with Gasteiger partial charge in [0.25, 0.3) is 0 Å². The number of aliphatic hydroxyl groups is 2. The van der Waals surface area contributed by atoms with E-state index in [0.29, 0.717) is 19.3 Å². The number of aliphatic hydroxyl groups excluding tert-OH is 2. The van der Waals surface area contributed by atoms with Crippen LogP contribution >= 0.6 is 0 Å². The number of hydrogen-bond donors (Lipinski definition) is 3. The van der Waals surface area contributed by atoms with E-state index in [2.05, 4.69) is 81.5 Å². The van der Waals surface area contributed by atoms with Gasteiger partial charge in [-0.05, 0) is 77.0 Å². The number of allylic oxidation sites excluding steroid dienone is 10. The maximum Gasteiger partial charge on any atom is 0.335 e. The molecule has 0 bridgehead atoms. The van der Waals surface area contributed by atoms with Crippen molar-refractivity contribution in [2.45, 2.75) is 250 Å². The predicted octanol–water partition coefficient (Wildman–Crippen LogP) is 12.4. The molecule has 1 aliphatic heterocycles. The zero-order valence-corrected chi connectivity index (χ0v) is 41.9. The van der Waals surface area contributed by atoms with Crippen molar-refractivity contribution in [2.75, 3.05) is 13.2 Å². The van der Waals surface area contributed by atoms with Gasteiger partial charge in [0.05, 0.1) is 6.61 Å². The standard InChI is InChI=1S/C55H92O12/c1-4-7-10-13-16-19-21-22-23-24-25-26-28-30-32-35-38-41-47(56)63-44-46(65-48(57)42-39-36-33-29-18-15-12-9-6-3)45-64-55-53(51(60)50(59)52(67-55)54(61)62)66-49(58)43-40-37-34-31-27-20-17-14-11-8-5-2/h7,10,14,16-17,19,22-23,25-26,46,50-53,55,59-60H,4-6,8-9,11-13,15,18,20-21,24,27-45H2,1-3H3,(H,61,62)/b10-7-,17-14-,19-16-,23-22-,26-25-. The summed E-state index contributed by atoms with van der Waals surface area (Å²) >= 11 is 0. The van der Waals surface area contributed by atoms with Crippen LogP contribution in [0.15, 0.2) is 60.8 Å². The molecule has 1 aliphatic rings. The molecule has 67 heavy (non-hydrogen) atoms. The first-order valence-corrected chi connectivity index (χ1v) is 26.3. The van der Waals surface area contributed by atoms with E-state index in [0.717, 1.165) is 109 Å². The third kappa shape index (κ3) is 34.4. The predicted molar refractivity (Wildman–Crippen MR) is 266 cm³/mol. The van der Waals surface area contributed by atoms with Crippen LogP contribution in [0.2, 0.25) is 0 Å². The Kier molecular flexibility index (Phi) is 40.1. The molecular formula is C55H92O12. The summed E-state index contributed by atoms with van der Waals surface area (Å²) in [5.74, 6) is -3.17. The van der Waals surface area contributed by atoms with E-state index < -0.39 is 67.3 Å². The van der Waals surface area contributed by atoms with Crippen molar-refractivity contribution in [3.8, 4) is 0 Å². The molecule has 1 saturated heterocycles. The molecule has 0 amide bonds. The molecule has 0 aliphatic carbocycles. The lowest BCUT2D eigenvalue weighted by Crippen LogP contribution is -2.61. The zero-order valence-electron chi connectivity index (χ0n) is 41.9. The van der Waals surface area contributed by atoms with Crippen LogP contribution in [-0.4, -0.2) is 89.2 Å². The number of carbonyl (C=O) groups excluding carboxylic acids is 3. The number of esters is 3. The number of unbranched alkanes of at least 4 members (excludes halogenated alkanes) is 19. The molecule has 12 heteroatoms. The van der Waals surface area contributed by atoms with Gasteiger partial charge in [-0.1, -0.05) is 178 Å². The largest absolute Gasteiger partial charge is 0.479 e. The third-order valence-electron chi connectivity index (χ3n) is 11.6. The normalized spacial score (nSPS) is 19.3. The number of ether oxygens (including phenoxy) is 5. The van der Waals surface area contributed by atoms with Crippen LogP contribution in [0.3, 0.4) is 0 Å². The van der Waals surface area contributed by atoms with Crippen LogP contribution in [0.25, 0.3) is 0 Å². The quantitative estimate of drug-likeness (QED) is 0.0229. The van der Waals surface area contributed by atoms with Crippen molar-refractivity contribution < 1.29 is 58.2 Å². The highest BCUT2D eigenvalue weighted by Crippen LogP contribution is 2.26. The maximum absolute atomic E-state index is 13.0. The van der Waals surface area contributed by atoms with Crippen molar-refractivity contribution in [1.82, 2.24) is 0 Å². The van der Waals surface area contributed by atoms with Gasteiger partial charge in [0, 0.05) is 19.3 Å². The van der Waals surface area contributed by atoms with E-state index in [-0.39, 0.29) is 25.9 Å². The number of rotatable bonds is 43. The van der Waals surface area contributed by atoms with Gasteiger partial charge < -0.3 is 39.0 Å². The van der Waals surface area contributed by atoms with E-state index in [4.69, 9.17) is 23.7 Å². The Bertz CT molecular complexity index is 1400. The lowest BCUT2D eigenvalue weighted by Gasteiger charge is -2.40. The van der Waals surface area contributed by atoms with Crippen LogP contribution < -0.4 is 0 Å². The van der Waals surface area contributed by atoms with Crippen molar-refractivity contribution in [3.05, 3.63) is 60.8 Å². The molecule has 0 radical (unpaired) electrons. The topological polar surface area (TPSA) is 175 Å². The fraction of sp³-hybridized carbons (Fsp3) is 0.745. The van der Waals surface area contributed by atoms with Crippen LogP contribution in [-0.2, 0) is 42.9 Å². The summed E-state index contributed by atoms with van der Waals surface area (Å²) in [6, 6.07) is 0. The Labute approximate surface area is 405 Å². The summed E-state index contributed by atoms with van der Waals surface area (Å²) < 4.78 is 28.2. The average Bonchev–Trinajstić information content (AvgIpc) is 3.31. The second-order valence-electron chi connectivity index (χ2n) is 17.8. The van der Waals surface area contributed by atoms with E-state index in [1.54, 1.807) is 0 Å². The Morgan fingerprint density at radius 1 is 0.507 bits per heavy atom. The minimum Gasteiger partial charge on any atom is -0.479 e. The smallest absolute Gasteiger partial charge is 0.335 e. The van der Waals surface area contributed by atoms with Crippen molar-refractivity contribution in [2.24, 2.45) is 0 Å². The van der Waals surface area contributed by atoms with Crippen molar-refractivity contribution in [3.63, 3.8) is 0 Å². The molecule has 0 aromatic heterocycles. The number of carbonyl (C=O) groups is 4. The van der Waals surface area contributed by atoms with E-state index in [9.17, 15) is 34.5 Å². The summed E-state index contributed by atoms with van der Waals surface area (Å²) in [5.41, 5.74) is 0. The number of hydrogen-bond acceptors (Lipinski definition) is 11. The summed E-state index contributed by atoms with van der Waals surface area (Å²) in [4.78, 5) is 50.7. The molecule has 6 atom stereocenters. The number of carboxylic acid groups (broad SMARTS) is 1. The van der Waals surface area contributed by atoms with Gasteiger partial charge in [-0.25, -0.2) is 4.79 Å². The second-order valence-corrected chi connectivity index (χ2v) is 17.8. The Balaban J connectivity index is 2.72. The van der Waals surface area contributed by atoms with E-state index in [1.165, 1.54) is 44.9 Å². The second kappa shape index (κ2) is 43.7. The van der Waals surface area contributed by atoms with Gasteiger partial charge in [0.2, 0.25) is 0 Å². The first-order valence-electron chi connectivity index (χ1n) is 26.3. The maximum atomic E-state index is 13.0. The molecular weight excluding hydrogens is 853 g/mol. The SMILES string of the molecule is CC/C=C\C/C=C\C/C=C\C/C=C\CCCCCCC(=O)OCC(COC1OC(C(=O)O)C(O)C(O)C1OC(=O)CCCCCCC/C=C\CCCC)OC(=O)CCCCCCCCCCC. The summed E-state index contributed by atoms with van der Waals surface area (Å²) in [7, 11) is 0. The number of carboxylic acids is 1. The van der Waals surface area contributed by atoms with Crippen molar-refractivity contribution in [1.29, 1.82) is 0 Å². The third-order valence-corrected chi connectivity index (χ3v) is 11.6. The Hall–Kier alpha value is -3.58. The zero-order chi connectivity index (χ0) is 49.0. The van der Waals surface area contributed by atoms with E-state index in [1.807, 2.05) is 0 Å². The van der Waals surface area contributed by atoms with Gasteiger partial charge >= 0.3 is 23.9 Å². The minimum absolute atomic E-state index is 0.0473. The monoisotopic (exact) mass is 945 g/mol. The van der Waals surface area contributed by atoms with Gasteiger partial charge in [-0.2, -0.15) is 0 Å². The average molecular weight is 945 g/mol. The molecule has 1 fully saturated rings. The molecule has 0 aromatic rings. The first kappa shape index (κ1) is 61.4. The molecule has 0 spiro atoms. The van der Waals surface area contributed by atoms with Gasteiger partial charge in [0.1, 0.15) is 18.8 Å². The van der Waals surface area contributed by atoms with Crippen LogP contribution in [0, 0.1) is 0 Å². The summed E-state index contributed by atoms with van der Waals surface area (Å²) in [5, 5.41) is 31.3. The fourth-order valence-electron chi connectivity index (χ4n) is 7.51. The Morgan fingerprint density at radius 3 is 1.49 bits per heavy atom. The summed E-state index contributed by atoms with van der Waals surface area (Å²) in [6.07, 6.45) is 39.4. The van der Waals surface area contributed by atoms with Gasteiger partial charge in [-0.15, -0.1) is 0 Å². The molecule has 3 N–H and O–H groups in total. The highest BCUT2D eigenvalue weighted by molar-refractivity contribution is 5.74. The molecule has 12 nitrogen and oxygen atoms in total. The first-order chi connectivity index (χ1) is 32.6. The highest BCUT2D eigenvalue weighted by Gasteiger charge is 2.50. The van der Waals surface area contributed by atoms with Crippen LogP contribution in [0.5, 0.6) is 0 Å². The molecule has 1 heterocycles. The Morgan fingerprint density at radius 2 is 0.955 bits per heavy atom. The lowest BCUT2D eigenvalue weighted by molar-refractivity contribution is -0.301. The molecule has 384 valence electrons. The van der Waals surface area contributed by atoms with Crippen LogP contribution in [0.4, 0.5) is 0 Å². The molecule has 6 unspecified atom stereocenters.